The van der Waals surface area contributed by atoms with Gasteiger partial charge in [0.25, 0.3) is 0 Å². The molecule has 0 aliphatic rings. The molecule has 3 aromatic carbocycles. The lowest BCUT2D eigenvalue weighted by Crippen LogP contribution is -2.08. The van der Waals surface area contributed by atoms with Crippen LogP contribution in [0.3, 0.4) is 0 Å². The maximum atomic E-state index is 11.7. The van der Waals surface area contributed by atoms with Gasteiger partial charge in [0.15, 0.2) is 0 Å². The molecule has 32 heavy (non-hydrogen) atoms. The molecule has 0 spiro atoms. The van der Waals surface area contributed by atoms with Crippen molar-refractivity contribution in [1.82, 2.24) is 0 Å². The van der Waals surface area contributed by atoms with Crippen molar-refractivity contribution in [2.24, 2.45) is 0 Å². The number of rotatable bonds is 9. The van der Waals surface area contributed by atoms with E-state index in [0.717, 1.165) is 23.1 Å². The van der Waals surface area contributed by atoms with Gasteiger partial charge in [0.2, 0.25) is 0 Å². The molecule has 3 heteroatoms. The fourth-order valence-corrected chi connectivity index (χ4v) is 3.92. The summed E-state index contributed by atoms with van der Waals surface area (Å²) in [5, 5.41) is 9.22. The second-order valence-electron chi connectivity index (χ2n) is 8.22. The number of hydrogen-bond acceptors (Lipinski definition) is 3. The highest BCUT2D eigenvalue weighted by molar-refractivity contribution is 5.87. The smallest absolute Gasteiger partial charge is 0.333 e. The summed E-state index contributed by atoms with van der Waals surface area (Å²) in [6.45, 7) is 10.0. The SMILES string of the molecule is C=C(C)C(=O)OCCc1cc(C)ccc1-c1ccc(-c2ccc(CCO)cc2CC)cc1. The molecule has 0 saturated heterocycles. The lowest BCUT2D eigenvalue weighted by Gasteiger charge is -2.14. The van der Waals surface area contributed by atoms with Crippen LogP contribution >= 0.6 is 0 Å². The van der Waals surface area contributed by atoms with Crippen LogP contribution in [0, 0.1) is 6.92 Å². The summed E-state index contributed by atoms with van der Waals surface area (Å²) in [5.74, 6) is -0.347. The molecule has 166 valence electrons. The summed E-state index contributed by atoms with van der Waals surface area (Å²) in [7, 11) is 0. The van der Waals surface area contributed by atoms with Crippen molar-refractivity contribution in [3.05, 3.63) is 95.1 Å². The largest absolute Gasteiger partial charge is 0.462 e. The van der Waals surface area contributed by atoms with E-state index >= 15 is 0 Å². The highest BCUT2D eigenvalue weighted by Gasteiger charge is 2.10. The number of aliphatic hydroxyl groups is 1. The average molecular weight is 429 g/mol. The molecule has 0 heterocycles. The Hall–Kier alpha value is -3.17. The van der Waals surface area contributed by atoms with Crippen molar-refractivity contribution in [2.45, 2.75) is 40.0 Å². The first-order valence-electron chi connectivity index (χ1n) is 11.2. The van der Waals surface area contributed by atoms with Crippen LogP contribution in [-0.4, -0.2) is 24.3 Å². The average Bonchev–Trinajstić information content (AvgIpc) is 2.79. The molecule has 0 bridgehead atoms. The van der Waals surface area contributed by atoms with E-state index in [-0.39, 0.29) is 12.6 Å². The topological polar surface area (TPSA) is 46.5 Å². The fraction of sp³-hybridized carbons (Fsp3) is 0.276. The van der Waals surface area contributed by atoms with E-state index in [1.165, 1.54) is 27.8 Å². The summed E-state index contributed by atoms with van der Waals surface area (Å²) in [6.07, 6.45) is 2.29. The van der Waals surface area contributed by atoms with Gasteiger partial charge in [-0.25, -0.2) is 4.79 Å². The molecule has 3 nitrogen and oxygen atoms in total. The van der Waals surface area contributed by atoms with E-state index < -0.39 is 0 Å². The Morgan fingerprint density at radius 1 is 0.906 bits per heavy atom. The van der Waals surface area contributed by atoms with Gasteiger partial charge in [-0.15, -0.1) is 0 Å². The summed E-state index contributed by atoms with van der Waals surface area (Å²) in [6, 6.07) is 21.5. The quantitative estimate of drug-likeness (QED) is 0.331. The zero-order chi connectivity index (χ0) is 23.1. The summed E-state index contributed by atoms with van der Waals surface area (Å²) >= 11 is 0. The van der Waals surface area contributed by atoms with Gasteiger partial charge < -0.3 is 9.84 Å². The van der Waals surface area contributed by atoms with Crippen molar-refractivity contribution in [3.8, 4) is 22.3 Å². The number of carbonyl (C=O) groups excluding carboxylic acids is 1. The van der Waals surface area contributed by atoms with Gasteiger partial charge in [-0.05, 0) is 65.6 Å². The maximum Gasteiger partial charge on any atom is 0.333 e. The number of carbonyl (C=O) groups is 1. The van der Waals surface area contributed by atoms with E-state index in [9.17, 15) is 9.90 Å². The molecule has 3 rings (SSSR count). The van der Waals surface area contributed by atoms with Crippen molar-refractivity contribution >= 4 is 5.97 Å². The molecular weight excluding hydrogens is 396 g/mol. The number of ether oxygens (including phenoxy) is 1. The summed E-state index contributed by atoms with van der Waals surface area (Å²) in [5.41, 5.74) is 9.94. The third-order valence-corrected chi connectivity index (χ3v) is 5.67. The third-order valence-electron chi connectivity index (χ3n) is 5.67. The van der Waals surface area contributed by atoms with Crippen LogP contribution in [0.5, 0.6) is 0 Å². The number of esters is 1. The van der Waals surface area contributed by atoms with Crippen LogP contribution < -0.4 is 0 Å². The van der Waals surface area contributed by atoms with Crippen LogP contribution in [0.25, 0.3) is 22.3 Å². The van der Waals surface area contributed by atoms with E-state index in [0.29, 0.717) is 25.0 Å². The van der Waals surface area contributed by atoms with Crippen LogP contribution in [0.15, 0.2) is 72.8 Å². The van der Waals surface area contributed by atoms with Gasteiger partial charge >= 0.3 is 5.97 Å². The molecule has 0 aliphatic carbocycles. The molecule has 0 aromatic heterocycles. The normalized spacial score (nSPS) is 10.8. The van der Waals surface area contributed by atoms with Crippen molar-refractivity contribution in [2.75, 3.05) is 13.2 Å². The molecule has 0 aliphatic heterocycles. The molecule has 0 radical (unpaired) electrons. The second-order valence-corrected chi connectivity index (χ2v) is 8.22. The standard InChI is InChI=1S/C29H32O3/c1-5-23-19-22(14-16-30)7-13-27(23)24-8-10-25(11-9-24)28-12-6-21(4)18-26(28)15-17-32-29(31)20(2)3/h6-13,18-19,30H,2,5,14-17H2,1,3-4H3. The minimum atomic E-state index is -0.347. The van der Waals surface area contributed by atoms with Crippen LogP contribution in [0.2, 0.25) is 0 Å². The van der Waals surface area contributed by atoms with Crippen LogP contribution in [0.1, 0.15) is 36.1 Å². The van der Waals surface area contributed by atoms with Crippen molar-refractivity contribution in [3.63, 3.8) is 0 Å². The summed E-state index contributed by atoms with van der Waals surface area (Å²) < 4.78 is 5.31. The Balaban J connectivity index is 1.85. The molecule has 0 atom stereocenters. The number of aliphatic hydroxyl groups excluding tert-OH is 1. The number of aryl methyl sites for hydroxylation is 2. The van der Waals surface area contributed by atoms with Gasteiger partial charge in [0.1, 0.15) is 0 Å². The highest BCUT2D eigenvalue weighted by Crippen LogP contribution is 2.30. The van der Waals surface area contributed by atoms with Gasteiger partial charge in [0.05, 0.1) is 6.61 Å². The Bertz CT molecular complexity index is 1090. The van der Waals surface area contributed by atoms with Gasteiger partial charge in [-0.2, -0.15) is 0 Å². The van der Waals surface area contributed by atoms with E-state index in [1.54, 1.807) is 6.92 Å². The van der Waals surface area contributed by atoms with Gasteiger partial charge in [-0.1, -0.05) is 79.7 Å². The third kappa shape index (κ3) is 5.74. The van der Waals surface area contributed by atoms with E-state index in [2.05, 4.69) is 81.1 Å². The molecule has 0 fully saturated rings. The van der Waals surface area contributed by atoms with Crippen molar-refractivity contribution < 1.29 is 14.6 Å². The first-order valence-corrected chi connectivity index (χ1v) is 11.2. The predicted molar refractivity (Wildman–Crippen MR) is 132 cm³/mol. The van der Waals surface area contributed by atoms with E-state index in [1.807, 2.05) is 0 Å². The number of benzene rings is 3. The zero-order valence-electron chi connectivity index (χ0n) is 19.3. The van der Waals surface area contributed by atoms with Crippen LogP contribution in [-0.2, 0) is 28.8 Å². The minimum absolute atomic E-state index is 0.169. The number of hydrogen-bond donors (Lipinski definition) is 1. The minimum Gasteiger partial charge on any atom is -0.462 e. The molecule has 0 saturated carbocycles. The molecule has 0 unspecified atom stereocenters. The second kappa shape index (κ2) is 10.9. The highest BCUT2D eigenvalue weighted by atomic mass is 16.5. The Kier molecular flexibility index (Phi) is 8.02. The molecule has 0 amide bonds. The lowest BCUT2D eigenvalue weighted by molar-refractivity contribution is -0.138. The zero-order valence-corrected chi connectivity index (χ0v) is 19.3. The Morgan fingerprint density at radius 3 is 2.12 bits per heavy atom. The first-order chi connectivity index (χ1) is 15.4. The maximum absolute atomic E-state index is 11.7. The van der Waals surface area contributed by atoms with E-state index in [4.69, 9.17) is 4.74 Å². The van der Waals surface area contributed by atoms with Gasteiger partial charge in [-0.3, -0.25) is 0 Å². The first kappa shape index (κ1) is 23.5. The Morgan fingerprint density at radius 2 is 1.53 bits per heavy atom. The monoisotopic (exact) mass is 428 g/mol. The summed E-state index contributed by atoms with van der Waals surface area (Å²) in [4.78, 5) is 11.7. The lowest BCUT2D eigenvalue weighted by atomic mass is 9.92. The van der Waals surface area contributed by atoms with Gasteiger partial charge in [0, 0.05) is 18.6 Å². The van der Waals surface area contributed by atoms with Crippen LogP contribution in [0.4, 0.5) is 0 Å². The molecule has 3 aromatic rings. The van der Waals surface area contributed by atoms with Crippen molar-refractivity contribution in [1.29, 1.82) is 0 Å². The molecule has 1 N–H and O–H groups in total. The predicted octanol–water partition coefficient (Wildman–Crippen LogP) is 6.09. The Labute approximate surface area is 191 Å². The molecular formula is C29H32O3. The fourth-order valence-electron chi connectivity index (χ4n) is 3.92.